The Morgan fingerprint density at radius 2 is 1.82 bits per heavy atom. The van der Waals surface area contributed by atoms with Crippen LogP contribution >= 0.6 is 22.9 Å². The number of halogens is 1. The van der Waals surface area contributed by atoms with E-state index in [1.807, 2.05) is 17.5 Å². The number of thiazole rings is 1. The second kappa shape index (κ2) is 9.49. The highest BCUT2D eigenvalue weighted by atomic mass is 35.5. The first-order valence-electron chi connectivity index (χ1n) is 9.81. The van der Waals surface area contributed by atoms with Crippen molar-refractivity contribution in [2.24, 2.45) is 0 Å². The van der Waals surface area contributed by atoms with E-state index >= 15 is 0 Å². The minimum absolute atomic E-state index is 0.143. The first-order chi connectivity index (χ1) is 16.3. The zero-order chi connectivity index (χ0) is 24.4. The van der Waals surface area contributed by atoms with Crippen LogP contribution in [0.2, 0.25) is 5.02 Å². The maximum absolute atomic E-state index is 13.1. The van der Waals surface area contributed by atoms with Crippen molar-refractivity contribution in [3.63, 3.8) is 0 Å². The van der Waals surface area contributed by atoms with Crippen molar-refractivity contribution < 1.29 is 19.2 Å². The Labute approximate surface area is 202 Å². The van der Waals surface area contributed by atoms with E-state index in [0.29, 0.717) is 21.7 Å². The average Bonchev–Trinajstić information content (AvgIpc) is 3.45. The molecule has 2 heterocycles. The lowest BCUT2D eigenvalue weighted by Crippen LogP contribution is -2.17. The molecule has 0 radical (unpaired) electrons. The SMILES string of the molecule is COc1cc(C(=O)Nc2cc(C)nn2-c2nc(-c3ccc(Cl)cc3)cs2)c([N+](=O)[O-])cc1OC. The molecule has 4 aromatic rings. The van der Waals surface area contributed by atoms with Crippen molar-refractivity contribution in [3.8, 4) is 27.9 Å². The molecule has 0 saturated heterocycles. The lowest BCUT2D eigenvalue weighted by molar-refractivity contribution is -0.385. The summed E-state index contributed by atoms with van der Waals surface area (Å²) in [5, 5.41) is 21.7. The minimum atomic E-state index is -0.705. The van der Waals surface area contributed by atoms with Crippen molar-refractivity contribution in [1.82, 2.24) is 14.8 Å². The van der Waals surface area contributed by atoms with E-state index in [2.05, 4.69) is 15.4 Å². The molecule has 1 amide bonds. The van der Waals surface area contributed by atoms with E-state index in [0.717, 1.165) is 17.3 Å². The Balaban J connectivity index is 1.68. The average molecular weight is 500 g/mol. The van der Waals surface area contributed by atoms with Gasteiger partial charge in [0.15, 0.2) is 11.5 Å². The Morgan fingerprint density at radius 3 is 2.47 bits per heavy atom. The number of nitro benzene ring substituents is 1. The zero-order valence-corrected chi connectivity index (χ0v) is 19.8. The number of nitrogens with zero attached hydrogens (tertiary/aromatic N) is 4. The summed E-state index contributed by atoms with van der Waals surface area (Å²) in [5.41, 5.74) is 1.62. The summed E-state index contributed by atoms with van der Waals surface area (Å²) < 4.78 is 11.8. The maximum atomic E-state index is 13.1. The van der Waals surface area contributed by atoms with E-state index in [1.165, 1.54) is 36.3 Å². The highest BCUT2D eigenvalue weighted by Crippen LogP contribution is 2.35. The summed E-state index contributed by atoms with van der Waals surface area (Å²) in [7, 11) is 2.74. The van der Waals surface area contributed by atoms with Gasteiger partial charge in [0.05, 0.1) is 36.6 Å². The van der Waals surface area contributed by atoms with Gasteiger partial charge in [0.25, 0.3) is 11.6 Å². The lowest BCUT2D eigenvalue weighted by atomic mass is 10.1. The van der Waals surface area contributed by atoms with Crippen LogP contribution in [0.15, 0.2) is 47.8 Å². The molecule has 0 unspecified atom stereocenters. The van der Waals surface area contributed by atoms with Crippen molar-refractivity contribution in [2.75, 3.05) is 19.5 Å². The van der Waals surface area contributed by atoms with Crippen LogP contribution < -0.4 is 14.8 Å². The van der Waals surface area contributed by atoms with Gasteiger partial charge in [0.2, 0.25) is 5.13 Å². The number of carbonyl (C=O) groups is 1. The second-order valence-corrected chi connectivity index (χ2v) is 8.31. The summed E-state index contributed by atoms with van der Waals surface area (Å²) in [6, 6.07) is 11.3. The second-order valence-electron chi connectivity index (χ2n) is 7.04. The van der Waals surface area contributed by atoms with E-state index in [9.17, 15) is 14.9 Å². The maximum Gasteiger partial charge on any atom is 0.286 e. The first-order valence-corrected chi connectivity index (χ1v) is 11.1. The monoisotopic (exact) mass is 499 g/mol. The van der Waals surface area contributed by atoms with Crippen LogP contribution in [0.5, 0.6) is 11.5 Å². The highest BCUT2D eigenvalue weighted by molar-refractivity contribution is 7.12. The topological polar surface area (TPSA) is 121 Å². The summed E-state index contributed by atoms with van der Waals surface area (Å²) in [4.78, 5) is 28.6. The number of rotatable bonds is 7. The molecule has 0 bridgehead atoms. The van der Waals surface area contributed by atoms with Gasteiger partial charge in [-0.1, -0.05) is 23.7 Å². The lowest BCUT2D eigenvalue weighted by Gasteiger charge is -2.11. The van der Waals surface area contributed by atoms with Gasteiger partial charge in [-0.15, -0.1) is 11.3 Å². The summed E-state index contributed by atoms with van der Waals surface area (Å²) in [5.74, 6) is -0.0634. The highest BCUT2D eigenvalue weighted by Gasteiger charge is 2.26. The number of methoxy groups -OCH3 is 2. The number of nitro groups is 1. The van der Waals surface area contributed by atoms with Crippen LogP contribution in [0, 0.1) is 17.0 Å². The number of aromatic nitrogens is 3. The molecule has 0 atom stereocenters. The van der Waals surface area contributed by atoms with Crippen LogP contribution in [0.1, 0.15) is 16.1 Å². The van der Waals surface area contributed by atoms with E-state index < -0.39 is 16.5 Å². The molecule has 0 fully saturated rings. The number of aryl methyl sites for hydroxylation is 1. The van der Waals surface area contributed by atoms with Crippen LogP contribution in [0.25, 0.3) is 16.4 Å². The van der Waals surface area contributed by atoms with Gasteiger partial charge in [0, 0.05) is 28.1 Å². The summed E-state index contributed by atoms with van der Waals surface area (Å²) >= 11 is 7.29. The predicted molar refractivity (Wildman–Crippen MR) is 129 cm³/mol. The van der Waals surface area contributed by atoms with Crippen LogP contribution in [0.3, 0.4) is 0 Å². The number of anilines is 1. The standard InChI is InChI=1S/C22H18ClN5O5S/c1-12-8-20(25-21(29)15-9-18(32-2)19(33-3)10-17(15)28(30)31)27(26-12)22-24-16(11-34-22)13-4-6-14(23)7-5-13/h4-11H,1-3H3,(H,25,29). The van der Waals surface area contributed by atoms with Gasteiger partial charge < -0.3 is 14.8 Å². The molecule has 0 aliphatic heterocycles. The molecular formula is C22H18ClN5O5S. The molecule has 0 spiro atoms. The molecule has 2 aromatic heterocycles. The predicted octanol–water partition coefficient (Wildman–Crippen LogP) is 5.14. The third kappa shape index (κ3) is 4.56. The van der Waals surface area contributed by atoms with Gasteiger partial charge in [-0.3, -0.25) is 14.9 Å². The number of hydrogen-bond acceptors (Lipinski definition) is 8. The Morgan fingerprint density at radius 1 is 1.15 bits per heavy atom. The van der Waals surface area contributed by atoms with Gasteiger partial charge in [-0.2, -0.15) is 9.78 Å². The first kappa shape index (κ1) is 23.2. The quantitative estimate of drug-likeness (QED) is 0.276. The number of benzene rings is 2. The van der Waals surface area contributed by atoms with Gasteiger partial charge in [0.1, 0.15) is 11.4 Å². The van der Waals surface area contributed by atoms with Gasteiger partial charge in [-0.25, -0.2) is 4.98 Å². The molecule has 12 heteroatoms. The minimum Gasteiger partial charge on any atom is -0.493 e. The summed E-state index contributed by atoms with van der Waals surface area (Å²) in [6.45, 7) is 1.76. The Bertz CT molecular complexity index is 1380. The Hall–Kier alpha value is -3.96. The number of ether oxygens (including phenoxy) is 2. The third-order valence-corrected chi connectivity index (χ3v) is 5.90. The number of carbonyl (C=O) groups excluding carboxylic acids is 1. The van der Waals surface area contributed by atoms with Crippen LogP contribution in [-0.2, 0) is 0 Å². The Kier molecular flexibility index (Phi) is 6.48. The molecule has 34 heavy (non-hydrogen) atoms. The zero-order valence-electron chi connectivity index (χ0n) is 18.2. The van der Waals surface area contributed by atoms with Crippen LogP contribution in [0.4, 0.5) is 11.5 Å². The molecule has 1 N–H and O–H groups in total. The van der Waals surface area contributed by atoms with Crippen molar-refractivity contribution >= 4 is 40.4 Å². The fourth-order valence-electron chi connectivity index (χ4n) is 3.23. The number of amides is 1. The van der Waals surface area contributed by atoms with Crippen molar-refractivity contribution in [1.29, 1.82) is 0 Å². The third-order valence-electron chi connectivity index (χ3n) is 4.83. The molecule has 174 valence electrons. The van der Waals surface area contributed by atoms with Gasteiger partial charge >= 0.3 is 0 Å². The molecular weight excluding hydrogens is 482 g/mol. The normalized spacial score (nSPS) is 10.7. The molecule has 0 aliphatic rings. The van der Waals surface area contributed by atoms with Crippen LogP contribution in [-0.4, -0.2) is 39.8 Å². The fourth-order valence-corrected chi connectivity index (χ4v) is 4.16. The molecule has 4 rings (SSSR count). The van der Waals surface area contributed by atoms with Crippen molar-refractivity contribution in [2.45, 2.75) is 6.92 Å². The van der Waals surface area contributed by atoms with Crippen molar-refractivity contribution in [3.05, 3.63) is 74.2 Å². The number of hydrogen-bond donors (Lipinski definition) is 1. The van der Waals surface area contributed by atoms with E-state index in [-0.39, 0.29) is 17.1 Å². The van der Waals surface area contributed by atoms with E-state index in [4.69, 9.17) is 21.1 Å². The largest absolute Gasteiger partial charge is 0.493 e. The molecule has 0 aliphatic carbocycles. The number of nitrogens with one attached hydrogen (secondary N) is 1. The smallest absolute Gasteiger partial charge is 0.286 e. The molecule has 10 nitrogen and oxygen atoms in total. The van der Waals surface area contributed by atoms with E-state index in [1.54, 1.807) is 25.1 Å². The summed E-state index contributed by atoms with van der Waals surface area (Å²) in [6.07, 6.45) is 0. The molecule has 0 saturated carbocycles. The van der Waals surface area contributed by atoms with Gasteiger partial charge in [-0.05, 0) is 19.1 Å². The fraction of sp³-hybridized carbons (Fsp3) is 0.136. The molecule has 2 aromatic carbocycles.